The summed E-state index contributed by atoms with van der Waals surface area (Å²) < 4.78 is 6.82. The van der Waals surface area contributed by atoms with Crippen LogP contribution in [0, 0.1) is 0 Å². The van der Waals surface area contributed by atoms with Crippen molar-refractivity contribution in [1.82, 2.24) is 24.6 Å². The van der Waals surface area contributed by atoms with E-state index in [4.69, 9.17) is 9.84 Å². The maximum atomic E-state index is 12.9. The van der Waals surface area contributed by atoms with E-state index in [-0.39, 0.29) is 17.4 Å². The SMILES string of the molecule is COc1ccc(-c2nn(-c3ccccn3)c3ncc4c(c23)C(=O)N(C)C4=O)cc1. The minimum atomic E-state index is -0.370. The first-order chi connectivity index (χ1) is 14.1. The van der Waals surface area contributed by atoms with E-state index in [0.717, 1.165) is 10.5 Å². The smallest absolute Gasteiger partial charge is 0.262 e. The van der Waals surface area contributed by atoms with Crippen LogP contribution in [-0.4, -0.2) is 50.6 Å². The highest BCUT2D eigenvalue weighted by atomic mass is 16.5. The topological polar surface area (TPSA) is 90.2 Å². The molecule has 0 radical (unpaired) electrons. The Kier molecular flexibility index (Phi) is 3.67. The van der Waals surface area contributed by atoms with E-state index in [0.29, 0.717) is 33.9 Å². The number of fused-ring (bicyclic) bond motifs is 3. The number of nitrogens with zero attached hydrogens (tertiary/aromatic N) is 5. The number of aromatic nitrogens is 4. The lowest BCUT2D eigenvalue weighted by Gasteiger charge is -2.04. The molecule has 1 aromatic carbocycles. The minimum absolute atomic E-state index is 0.278. The first-order valence-electron chi connectivity index (χ1n) is 8.90. The van der Waals surface area contributed by atoms with E-state index < -0.39 is 0 Å². The quantitative estimate of drug-likeness (QED) is 0.504. The van der Waals surface area contributed by atoms with E-state index in [1.807, 2.05) is 36.4 Å². The van der Waals surface area contributed by atoms with Crippen LogP contribution < -0.4 is 4.74 Å². The third kappa shape index (κ3) is 2.42. The van der Waals surface area contributed by atoms with Gasteiger partial charge >= 0.3 is 0 Å². The molecule has 0 unspecified atom stereocenters. The van der Waals surface area contributed by atoms with Crippen molar-refractivity contribution in [3.05, 3.63) is 66.0 Å². The maximum Gasteiger partial charge on any atom is 0.262 e. The molecule has 0 fully saturated rings. The van der Waals surface area contributed by atoms with Gasteiger partial charge in [-0.1, -0.05) is 6.07 Å². The Balaban J connectivity index is 1.86. The summed E-state index contributed by atoms with van der Waals surface area (Å²) in [7, 11) is 3.06. The van der Waals surface area contributed by atoms with Gasteiger partial charge in [0.2, 0.25) is 0 Å². The standard InChI is InChI=1S/C21H15N5O3/c1-25-20(27)14-11-23-19-17(16(14)21(25)28)18(12-6-8-13(29-2)9-7-12)24-26(19)15-5-3-4-10-22-15/h3-11H,1-2H3. The van der Waals surface area contributed by atoms with Gasteiger partial charge in [0.05, 0.1) is 23.6 Å². The molecule has 0 spiro atoms. The van der Waals surface area contributed by atoms with Crippen LogP contribution in [0.2, 0.25) is 0 Å². The van der Waals surface area contributed by atoms with Crippen molar-refractivity contribution >= 4 is 22.8 Å². The first kappa shape index (κ1) is 17.1. The van der Waals surface area contributed by atoms with Crippen molar-refractivity contribution in [2.75, 3.05) is 14.2 Å². The molecule has 1 aliphatic rings. The first-order valence-corrected chi connectivity index (χ1v) is 8.90. The molecule has 5 rings (SSSR count). The second-order valence-electron chi connectivity index (χ2n) is 6.59. The molecule has 4 aromatic rings. The molecule has 0 saturated heterocycles. The third-order valence-electron chi connectivity index (χ3n) is 4.98. The normalized spacial score (nSPS) is 13.2. The number of pyridine rings is 2. The zero-order valence-electron chi connectivity index (χ0n) is 15.7. The van der Waals surface area contributed by atoms with E-state index in [1.54, 1.807) is 24.1 Å². The fraction of sp³-hybridized carbons (Fsp3) is 0.0952. The summed E-state index contributed by atoms with van der Waals surface area (Å²) in [5.41, 5.74) is 2.38. The molecule has 8 nitrogen and oxygen atoms in total. The summed E-state index contributed by atoms with van der Waals surface area (Å²) in [6.07, 6.45) is 3.09. The van der Waals surface area contributed by atoms with Crippen molar-refractivity contribution in [2.45, 2.75) is 0 Å². The predicted molar refractivity (Wildman–Crippen MR) is 105 cm³/mol. The Morgan fingerprint density at radius 2 is 1.76 bits per heavy atom. The molecular formula is C21H15N5O3. The van der Waals surface area contributed by atoms with E-state index in [1.165, 1.54) is 13.2 Å². The molecule has 1 aliphatic heterocycles. The summed E-state index contributed by atoms with van der Waals surface area (Å²) in [6, 6.07) is 12.8. The fourth-order valence-electron chi connectivity index (χ4n) is 3.50. The van der Waals surface area contributed by atoms with Crippen LogP contribution in [0.15, 0.2) is 54.9 Å². The summed E-state index contributed by atoms with van der Waals surface area (Å²) in [4.78, 5) is 35.2. The predicted octanol–water partition coefficient (Wildman–Crippen LogP) is 2.72. The van der Waals surface area contributed by atoms with Gasteiger partial charge in [0, 0.05) is 25.0 Å². The number of ether oxygens (including phenoxy) is 1. The number of hydrogen-bond donors (Lipinski definition) is 0. The second-order valence-corrected chi connectivity index (χ2v) is 6.59. The van der Waals surface area contributed by atoms with E-state index in [2.05, 4.69) is 9.97 Å². The van der Waals surface area contributed by atoms with Crippen LogP contribution in [0.25, 0.3) is 28.1 Å². The van der Waals surface area contributed by atoms with Gasteiger partial charge in [0.15, 0.2) is 11.5 Å². The largest absolute Gasteiger partial charge is 0.497 e. The molecule has 3 aromatic heterocycles. The third-order valence-corrected chi connectivity index (χ3v) is 4.98. The lowest BCUT2D eigenvalue weighted by atomic mass is 10.0. The average molecular weight is 385 g/mol. The van der Waals surface area contributed by atoms with Crippen LogP contribution in [0.4, 0.5) is 0 Å². The van der Waals surface area contributed by atoms with Crippen molar-refractivity contribution in [3.63, 3.8) is 0 Å². The summed E-state index contributed by atoms with van der Waals surface area (Å²) in [5.74, 6) is 0.532. The highest BCUT2D eigenvalue weighted by molar-refractivity contribution is 6.27. The van der Waals surface area contributed by atoms with Gasteiger partial charge in [-0.05, 0) is 36.4 Å². The Morgan fingerprint density at radius 3 is 2.45 bits per heavy atom. The number of rotatable bonds is 3. The zero-order valence-corrected chi connectivity index (χ0v) is 15.7. The van der Waals surface area contributed by atoms with E-state index >= 15 is 0 Å². The summed E-state index contributed by atoms with van der Waals surface area (Å²) >= 11 is 0. The van der Waals surface area contributed by atoms with Crippen molar-refractivity contribution < 1.29 is 14.3 Å². The fourth-order valence-corrected chi connectivity index (χ4v) is 3.50. The number of hydrogen-bond acceptors (Lipinski definition) is 6. The van der Waals surface area contributed by atoms with Gasteiger partial charge in [-0.3, -0.25) is 14.5 Å². The molecule has 0 saturated carbocycles. The molecule has 8 heteroatoms. The average Bonchev–Trinajstić information content (AvgIpc) is 3.26. The lowest BCUT2D eigenvalue weighted by Crippen LogP contribution is -2.24. The van der Waals surface area contributed by atoms with Crippen molar-refractivity contribution in [3.8, 4) is 22.8 Å². The Morgan fingerprint density at radius 1 is 0.966 bits per heavy atom. The number of carbonyl (C=O) groups excluding carboxylic acids is 2. The second kappa shape index (κ2) is 6.23. The van der Waals surface area contributed by atoms with E-state index in [9.17, 15) is 9.59 Å². The molecule has 0 N–H and O–H groups in total. The summed E-state index contributed by atoms with van der Waals surface area (Å²) in [6.45, 7) is 0. The van der Waals surface area contributed by atoms with Gasteiger partial charge in [-0.15, -0.1) is 0 Å². The molecule has 0 bridgehead atoms. The Bertz CT molecular complexity index is 1280. The molecule has 0 aliphatic carbocycles. The summed E-state index contributed by atoms with van der Waals surface area (Å²) in [5, 5.41) is 5.24. The van der Waals surface area contributed by atoms with Crippen LogP contribution in [-0.2, 0) is 0 Å². The van der Waals surface area contributed by atoms with Crippen LogP contribution in [0.5, 0.6) is 5.75 Å². The van der Waals surface area contributed by atoms with Gasteiger partial charge in [-0.25, -0.2) is 9.97 Å². The Labute approximate surface area is 165 Å². The highest BCUT2D eigenvalue weighted by Gasteiger charge is 2.37. The maximum absolute atomic E-state index is 12.9. The number of methoxy groups -OCH3 is 1. The zero-order chi connectivity index (χ0) is 20.1. The number of amides is 2. The monoisotopic (exact) mass is 385 g/mol. The minimum Gasteiger partial charge on any atom is -0.497 e. The number of carbonyl (C=O) groups is 2. The van der Waals surface area contributed by atoms with Gasteiger partial charge in [0.1, 0.15) is 11.4 Å². The molecule has 2 amide bonds. The van der Waals surface area contributed by atoms with Crippen molar-refractivity contribution in [2.24, 2.45) is 0 Å². The van der Waals surface area contributed by atoms with Gasteiger partial charge in [-0.2, -0.15) is 9.78 Å². The Hall–Kier alpha value is -4.07. The van der Waals surface area contributed by atoms with Gasteiger partial charge in [0.25, 0.3) is 11.8 Å². The van der Waals surface area contributed by atoms with Gasteiger partial charge < -0.3 is 4.74 Å². The van der Waals surface area contributed by atoms with Crippen LogP contribution in [0.3, 0.4) is 0 Å². The molecule has 4 heterocycles. The molecule has 0 atom stereocenters. The van der Waals surface area contributed by atoms with Crippen molar-refractivity contribution in [1.29, 1.82) is 0 Å². The number of imide groups is 1. The van der Waals surface area contributed by atoms with Crippen LogP contribution in [0.1, 0.15) is 20.7 Å². The molecule has 29 heavy (non-hydrogen) atoms. The highest BCUT2D eigenvalue weighted by Crippen LogP contribution is 2.36. The van der Waals surface area contributed by atoms with Crippen LogP contribution >= 0.6 is 0 Å². The lowest BCUT2D eigenvalue weighted by molar-refractivity contribution is 0.0693. The number of benzene rings is 1. The molecule has 142 valence electrons. The molecular weight excluding hydrogens is 370 g/mol.